The third-order valence-corrected chi connectivity index (χ3v) is 4.33. The average Bonchev–Trinajstić information content (AvgIpc) is 2.58. The van der Waals surface area contributed by atoms with Gasteiger partial charge in [-0.15, -0.1) is 0 Å². The van der Waals surface area contributed by atoms with Gasteiger partial charge in [0.05, 0.1) is 0 Å². The first-order valence-electron chi connectivity index (χ1n) is 8.29. The maximum Gasteiger partial charge on any atom is 0.303 e. The topological polar surface area (TPSA) is 66.8 Å². The van der Waals surface area contributed by atoms with Crippen molar-refractivity contribution in [3.63, 3.8) is 0 Å². The molecule has 5 heteroatoms. The highest BCUT2D eigenvalue weighted by atomic mass is 16.5. The largest absolute Gasteiger partial charge is 0.484 e. The molecule has 1 fully saturated rings. The van der Waals surface area contributed by atoms with Crippen LogP contribution in [0.15, 0.2) is 24.3 Å². The Hall–Kier alpha value is -2.04. The molecule has 1 amide bonds. The van der Waals surface area contributed by atoms with Crippen LogP contribution in [0.3, 0.4) is 0 Å². The van der Waals surface area contributed by atoms with Crippen LogP contribution in [0.25, 0.3) is 0 Å². The molecule has 5 nitrogen and oxygen atoms in total. The summed E-state index contributed by atoms with van der Waals surface area (Å²) in [5, 5.41) is 8.77. The van der Waals surface area contributed by atoms with Gasteiger partial charge in [-0.05, 0) is 49.3 Å². The van der Waals surface area contributed by atoms with Crippen LogP contribution in [0.2, 0.25) is 0 Å². The van der Waals surface area contributed by atoms with Crippen LogP contribution in [0.1, 0.15) is 38.2 Å². The summed E-state index contributed by atoms with van der Waals surface area (Å²) in [6.45, 7) is 3.51. The molecule has 1 aliphatic rings. The lowest BCUT2D eigenvalue weighted by molar-refractivity contribution is -0.137. The molecule has 1 aromatic carbocycles. The van der Waals surface area contributed by atoms with Gasteiger partial charge in [-0.2, -0.15) is 0 Å². The van der Waals surface area contributed by atoms with Crippen molar-refractivity contribution in [2.75, 3.05) is 19.7 Å². The average molecular weight is 319 g/mol. The van der Waals surface area contributed by atoms with Crippen LogP contribution < -0.4 is 4.74 Å². The molecule has 1 saturated heterocycles. The van der Waals surface area contributed by atoms with Gasteiger partial charge >= 0.3 is 5.97 Å². The van der Waals surface area contributed by atoms with Crippen LogP contribution >= 0.6 is 0 Å². The highest BCUT2D eigenvalue weighted by molar-refractivity contribution is 5.77. The van der Waals surface area contributed by atoms with Crippen LogP contribution in [0.5, 0.6) is 5.75 Å². The molecular formula is C18H25NO4. The van der Waals surface area contributed by atoms with Crippen molar-refractivity contribution < 1.29 is 19.4 Å². The molecule has 23 heavy (non-hydrogen) atoms. The Bertz CT molecular complexity index is 526. The van der Waals surface area contributed by atoms with Gasteiger partial charge in [0.2, 0.25) is 0 Å². The number of hydrogen-bond acceptors (Lipinski definition) is 3. The molecule has 1 aliphatic heterocycles. The first kappa shape index (κ1) is 17.3. The van der Waals surface area contributed by atoms with E-state index in [1.54, 1.807) is 4.90 Å². The molecule has 0 bridgehead atoms. The predicted molar refractivity (Wildman–Crippen MR) is 87.5 cm³/mol. The summed E-state index contributed by atoms with van der Waals surface area (Å²) in [4.78, 5) is 24.7. The molecule has 0 aromatic heterocycles. The molecule has 1 N–H and O–H groups in total. The van der Waals surface area contributed by atoms with E-state index >= 15 is 0 Å². The number of likely N-dealkylation sites (tertiary alicyclic amines) is 1. The maximum atomic E-state index is 12.3. The summed E-state index contributed by atoms with van der Waals surface area (Å²) < 4.78 is 5.57. The van der Waals surface area contributed by atoms with Crippen LogP contribution in [0.4, 0.5) is 0 Å². The van der Waals surface area contributed by atoms with Gasteiger partial charge in [-0.25, -0.2) is 0 Å². The number of amides is 1. The van der Waals surface area contributed by atoms with Crippen molar-refractivity contribution in [2.45, 2.75) is 39.0 Å². The Kier molecular flexibility index (Phi) is 6.44. The summed E-state index contributed by atoms with van der Waals surface area (Å²) in [6, 6.07) is 7.78. The number of piperidine rings is 1. The summed E-state index contributed by atoms with van der Waals surface area (Å²) in [6.07, 6.45) is 3.72. The normalized spacial score (nSPS) is 17.8. The van der Waals surface area contributed by atoms with E-state index in [-0.39, 0.29) is 24.9 Å². The lowest BCUT2D eigenvalue weighted by Crippen LogP contribution is -2.42. The number of benzene rings is 1. The summed E-state index contributed by atoms with van der Waals surface area (Å²) >= 11 is 0. The Morgan fingerprint density at radius 3 is 2.70 bits per heavy atom. The molecular weight excluding hydrogens is 294 g/mol. The monoisotopic (exact) mass is 319 g/mol. The quantitative estimate of drug-likeness (QED) is 0.839. The molecule has 1 aromatic rings. The van der Waals surface area contributed by atoms with Crippen molar-refractivity contribution in [1.29, 1.82) is 0 Å². The lowest BCUT2D eigenvalue weighted by atomic mass is 9.93. The number of carboxylic acids is 1. The van der Waals surface area contributed by atoms with Gasteiger partial charge in [0, 0.05) is 19.5 Å². The van der Waals surface area contributed by atoms with E-state index in [0.29, 0.717) is 18.7 Å². The van der Waals surface area contributed by atoms with Gasteiger partial charge in [-0.1, -0.05) is 19.1 Å². The Balaban J connectivity index is 1.78. The van der Waals surface area contributed by atoms with E-state index < -0.39 is 5.97 Å². The molecule has 2 rings (SSSR count). The minimum Gasteiger partial charge on any atom is -0.484 e. The number of carboxylic acid groups (broad SMARTS) is 1. The molecule has 0 saturated carbocycles. The zero-order valence-corrected chi connectivity index (χ0v) is 13.7. The molecule has 0 radical (unpaired) electrons. The predicted octanol–water partition coefficient (Wildman–Crippen LogP) is 2.73. The van der Waals surface area contributed by atoms with Gasteiger partial charge in [-0.3, -0.25) is 9.59 Å². The van der Waals surface area contributed by atoms with Gasteiger partial charge in [0.1, 0.15) is 5.75 Å². The highest BCUT2D eigenvalue weighted by Gasteiger charge is 2.24. The second-order valence-corrected chi connectivity index (χ2v) is 6.07. The highest BCUT2D eigenvalue weighted by Crippen LogP contribution is 2.21. The molecule has 126 valence electrons. The number of aryl methyl sites for hydroxylation is 1. The van der Waals surface area contributed by atoms with Crippen molar-refractivity contribution in [1.82, 2.24) is 4.90 Å². The summed E-state index contributed by atoms with van der Waals surface area (Å²) in [7, 11) is 0. The van der Waals surface area contributed by atoms with Crippen LogP contribution in [-0.2, 0) is 16.0 Å². The van der Waals surface area contributed by atoms with E-state index in [1.807, 2.05) is 24.3 Å². The number of carbonyl (C=O) groups excluding carboxylic acids is 1. The van der Waals surface area contributed by atoms with Crippen LogP contribution in [0, 0.1) is 5.92 Å². The van der Waals surface area contributed by atoms with Crippen molar-refractivity contribution in [3.8, 4) is 5.75 Å². The fourth-order valence-corrected chi connectivity index (χ4v) is 2.91. The van der Waals surface area contributed by atoms with E-state index in [0.717, 1.165) is 25.8 Å². The number of ether oxygens (including phenoxy) is 1. The van der Waals surface area contributed by atoms with Gasteiger partial charge in [0.15, 0.2) is 6.61 Å². The number of aliphatic carboxylic acids is 1. The van der Waals surface area contributed by atoms with Crippen molar-refractivity contribution in [2.24, 2.45) is 5.92 Å². The zero-order valence-electron chi connectivity index (χ0n) is 13.7. The molecule has 0 aliphatic carbocycles. The Morgan fingerprint density at radius 2 is 2.04 bits per heavy atom. The van der Waals surface area contributed by atoms with Gasteiger partial charge in [0.25, 0.3) is 5.91 Å². The fourth-order valence-electron chi connectivity index (χ4n) is 2.91. The van der Waals surface area contributed by atoms with Crippen molar-refractivity contribution >= 4 is 11.9 Å². The number of carbonyl (C=O) groups is 2. The third-order valence-electron chi connectivity index (χ3n) is 4.33. The Labute approximate surface area is 137 Å². The maximum absolute atomic E-state index is 12.3. The van der Waals surface area contributed by atoms with Crippen LogP contribution in [-0.4, -0.2) is 41.6 Å². The van der Waals surface area contributed by atoms with E-state index in [4.69, 9.17) is 9.84 Å². The number of rotatable bonds is 7. The first-order chi connectivity index (χ1) is 11.1. The second-order valence-electron chi connectivity index (χ2n) is 6.07. The molecule has 1 heterocycles. The zero-order chi connectivity index (χ0) is 16.7. The molecule has 0 spiro atoms. The van der Waals surface area contributed by atoms with E-state index in [9.17, 15) is 9.59 Å². The third kappa shape index (κ3) is 5.58. The second kappa shape index (κ2) is 8.56. The minimum absolute atomic E-state index is 0.0235. The summed E-state index contributed by atoms with van der Waals surface area (Å²) in [5.74, 6) is 0.194. The van der Waals surface area contributed by atoms with Gasteiger partial charge < -0.3 is 14.7 Å². The standard InChI is InChI=1S/C18H25NO4/c1-2-14-5-8-16(9-6-14)23-13-17(20)19-11-3-4-15(12-19)7-10-18(21)22/h5-6,8-9,15H,2-4,7,10-13H2,1H3,(H,21,22)/t15-/m1/s1. The summed E-state index contributed by atoms with van der Waals surface area (Å²) in [5.41, 5.74) is 1.24. The molecule has 1 atom stereocenters. The van der Waals surface area contributed by atoms with E-state index in [1.165, 1.54) is 5.56 Å². The number of nitrogens with zero attached hydrogens (tertiary/aromatic N) is 1. The number of hydrogen-bond donors (Lipinski definition) is 1. The smallest absolute Gasteiger partial charge is 0.303 e. The van der Waals surface area contributed by atoms with E-state index in [2.05, 4.69) is 6.92 Å². The lowest BCUT2D eigenvalue weighted by Gasteiger charge is -2.32. The first-order valence-corrected chi connectivity index (χ1v) is 8.29. The fraction of sp³-hybridized carbons (Fsp3) is 0.556. The Morgan fingerprint density at radius 1 is 1.30 bits per heavy atom. The molecule has 0 unspecified atom stereocenters. The SMILES string of the molecule is CCc1ccc(OCC(=O)N2CCC[C@H](CCC(=O)O)C2)cc1. The van der Waals surface area contributed by atoms with Crippen molar-refractivity contribution in [3.05, 3.63) is 29.8 Å². The minimum atomic E-state index is -0.771.